The number of nitrogens with one attached hydrogen (secondary N) is 3. The molecule has 36 heteroatoms. The number of aromatic hydroxyl groups is 1. The average molecular weight is 1900 g/mol. The Kier molecular flexibility index (Phi) is 28.1. The SMILES string of the molecule is C.CNc1ncc(-n2nc(N)c3cc(F)c(-c4ccc(O)c5ccccc45)cc32)c(Cl)c1C.COc1ncc(-c2nc3c(n2C(C)C)[C@H](c2ccc(Cl)cc2)N(c2cc(Cl)cn(C)c2=O)C3=O)c(OC)n1.Nc1cccc2c1CN(C1CCC(=O)NC1=O)C2=O.[C-]#[N+][C@]1(c2ccc(Cl)cc2F)[C@H](CC(C)(C)C)C[C@@H](C(=O)Nc2ccc(C(=O)O)cc2OC)[C@@H]1c1cccc(Cl)c1F.[HH]. The molecule has 9 N–H and O–H groups in total. The molecule has 0 radical (unpaired) electrons. The molecule has 2 fully saturated rings. The average Bonchev–Trinajstić information content (AvgIpc) is 1.55. The van der Waals surface area contributed by atoms with Gasteiger partial charge in [0.05, 0.1) is 88.0 Å². The van der Waals surface area contributed by atoms with Gasteiger partial charge >= 0.3 is 12.0 Å². The van der Waals surface area contributed by atoms with Gasteiger partial charge in [0.1, 0.15) is 64.1 Å². The summed E-state index contributed by atoms with van der Waals surface area (Å²) in [6.07, 6.45) is 5.84. The number of nitrogens with zero attached hydrogens (tertiary/aromatic N) is 11. The minimum Gasteiger partial charge on any atom is -0.507 e. The number of amides is 5. The lowest BCUT2D eigenvalue weighted by Crippen LogP contribution is -2.52. The van der Waals surface area contributed by atoms with E-state index in [1.807, 2.05) is 76.4 Å². The van der Waals surface area contributed by atoms with Crippen LogP contribution in [-0.4, -0.2) is 124 Å². The quantitative estimate of drug-likeness (QED) is 0.0253. The maximum atomic E-state index is 15.8. The highest BCUT2D eigenvalue weighted by Crippen LogP contribution is 2.63. The molecule has 8 aromatic carbocycles. The molecule has 1 saturated carbocycles. The number of carboxylic acid groups (broad SMARTS) is 1. The molecule has 8 heterocycles. The van der Waals surface area contributed by atoms with Crippen molar-refractivity contribution in [3.8, 4) is 51.6 Å². The predicted octanol–water partition coefficient (Wildman–Crippen LogP) is 19.9. The number of carbonyl (C=O) groups is 6. The summed E-state index contributed by atoms with van der Waals surface area (Å²) in [5.41, 5.74) is 16.8. The van der Waals surface area contributed by atoms with Crippen molar-refractivity contribution in [2.75, 3.05) is 55.4 Å². The zero-order valence-corrected chi connectivity index (χ0v) is 76.0. The second-order valence-electron chi connectivity index (χ2n) is 33.0. The number of carbonyl (C=O) groups excluding carboxylic acids is 5. The van der Waals surface area contributed by atoms with Crippen LogP contribution in [0.2, 0.25) is 25.1 Å². The molecule has 0 spiro atoms. The van der Waals surface area contributed by atoms with Gasteiger partial charge in [0.25, 0.3) is 22.9 Å². The summed E-state index contributed by atoms with van der Waals surface area (Å²) in [6.45, 7) is 20.6. The molecule has 1 saturated heterocycles. The van der Waals surface area contributed by atoms with Gasteiger partial charge < -0.3 is 65.4 Å². The number of ether oxygens (including phenoxy) is 3. The van der Waals surface area contributed by atoms with E-state index >= 15 is 13.2 Å². The number of rotatable bonds is 17. The van der Waals surface area contributed by atoms with E-state index in [1.54, 1.807) is 85.8 Å². The van der Waals surface area contributed by atoms with E-state index in [4.69, 9.17) is 95.2 Å². The number of hydrogen-bond acceptors (Lipinski definition) is 19. The molecule has 13 aromatic rings. The van der Waals surface area contributed by atoms with Crippen molar-refractivity contribution in [1.82, 2.24) is 49.1 Å². The number of methoxy groups -OCH3 is 3. The van der Waals surface area contributed by atoms with Crippen LogP contribution in [0.15, 0.2) is 175 Å². The summed E-state index contributed by atoms with van der Waals surface area (Å²) in [5, 5.41) is 35.2. The number of halogens is 8. The van der Waals surface area contributed by atoms with Gasteiger partial charge in [-0.3, -0.25) is 39.0 Å². The number of hydrogen-bond donors (Lipinski definition) is 7. The number of nitrogens with two attached hydrogens (primary N) is 2. The number of phenols is 1. The predicted molar refractivity (Wildman–Crippen MR) is 505 cm³/mol. The first kappa shape index (κ1) is 95.8. The largest absolute Gasteiger partial charge is 0.507 e. The number of piperidine rings is 1. The lowest BCUT2D eigenvalue weighted by molar-refractivity contribution is -0.137. The first-order valence-corrected chi connectivity index (χ1v) is 42.8. The normalized spacial score (nSPS) is 17.2. The molecule has 28 nitrogen and oxygen atoms in total. The number of aromatic carboxylic acids is 1. The monoisotopic (exact) mass is 1890 g/mol. The first-order chi connectivity index (χ1) is 62.4. The number of benzene rings is 8. The number of nitrogen functional groups attached to an aromatic ring is 2. The zero-order valence-electron chi connectivity index (χ0n) is 72.2. The minimum atomic E-state index is -1.69. The van der Waals surface area contributed by atoms with Gasteiger partial charge in [0.15, 0.2) is 11.5 Å². The lowest BCUT2D eigenvalue weighted by Gasteiger charge is -2.34. The molecule has 3 aliphatic heterocycles. The maximum Gasteiger partial charge on any atom is 0.335 e. The lowest BCUT2D eigenvalue weighted by atomic mass is 9.67. The van der Waals surface area contributed by atoms with E-state index in [1.165, 1.54) is 103 Å². The second kappa shape index (κ2) is 38.7. The first-order valence-electron chi connectivity index (χ1n) is 40.9. The van der Waals surface area contributed by atoms with Crippen LogP contribution < -0.4 is 52.1 Å². The van der Waals surface area contributed by atoms with E-state index in [0.29, 0.717) is 102 Å². The molecule has 5 aromatic heterocycles. The molecule has 1 unspecified atom stereocenters. The third kappa shape index (κ3) is 18.2. The van der Waals surface area contributed by atoms with Crippen molar-refractivity contribution < 1.29 is 67.8 Å². The Balaban J connectivity index is 0.000000164. The van der Waals surface area contributed by atoms with Crippen LogP contribution >= 0.6 is 58.0 Å². The summed E-state index contributed by atoms with van der Waals surface area (Å²) in [6, 6.07) is 38.6. The fourth-order valence-corrected chi connectivity index (χ4v) is 18.5. The van der Waals surface area contributed by atoms with Crippen LogP contribution in [0.3, 0.4) is 0 Å². The third-order valence-corrected chi connectivity index (χ3v) is 24.9. The van der Waals surface area contributed by atoms with Gasteiger partial charge in [0, 0.05) is 107 Å². The summed E-state index contributed by atoms with van der Waals surface area (Å²) in [7, 11) is 7.64. The van der Waals surface area contributed by atoms with Crippen LogP contribution in [-0.2, 0) is 33.5 Å². The van der Waals surface area contributed by atoms with Crippen LogP contribution in [0.1, 0.15) is 152 Å². The molecule has 17 rings (SSSR count). The Labute approximate surface area is 782 Å². The Hall–Kier alpha value is -13.8. The Morgan fingerprint density at radius 2 is 1.48 bits per heavy atom. The van der Waals surface area contributed by atoms with Crippen molar-refractivity contribution in [2.45, 2.75) is 111 Å². The number of carboxylic acids is 1. The summed E-state index contributed by atoms with van der Waals surface area (Å²) in [4.78, 5) is 113. The van der Waals surface area contributed by atoms with Gasteiger partial charge in [-0.05, 0) is 159 Å². The van der Waals surface area contributed by atoms with Crippen molar-refractivity contribution >= 4 is 144 Å². The summed E-state index contributed by atoms with van der Waals surface area (Å²) < 4.78 is 67.7. The highest BCUT2D eigenvalue weighted by molar-refractivity contribution is 6.34. The van der Waals surface area contributed by atoms with Crippen molar-refractivity contribution in [2.24, 2.45) is 24.3 Å². The molecular formula is C96H92Cl5F3N16O12. The molecule has 5 amide bonds. The number of imide groups is 1. The highest BCUT2D eigenvalue weighted by atomic mass is 35.5. The molecule has 4 aliphatic rings. The molecule has 0 bridgehead atoms. The number of imidazole rings is 1. The topological polar surface area (TPSA) is 366 Å². The number of fused-ring (bicyclic) bond motifs is 4. The van der Waals surface area contributed by atoms with Crippen LogP contribution in [0.25, 0.3) is 54.7 Å². The maximum absolute atomic E-state index is 15.8. The van der Waals surface area contributed by atoms with Crippen molar-refractivity contribution in [3.63, 3.8) is 0 Å². The third-order valence-electron chi connectivity index (χ3n) is 23.4. The Morgan fingerprint density at radius 1 is 0.765 bits per heavy atom. The fourth-order valence-electron chi connectivity index (χ4n) is 17.6. The van der Waals surface area contributed by atoms with Gasteiger partial charge in [-0.25, -0.2) is 44.2 Å². The minimum absolute atomic E-state index is 0. The zero-order chi connectivity index (χ0) is 94.4. The Morgan fingerprint density at radius 3 is 2.13 bits per heavy atom. The Bertz CT molecular complexity index is 6910. The van der Waals surface area contributed by atoms with Gasteiger partial charge in [-0.2, -0.15) is 4.98 Å². The number of anilines is 5. The van der Waals surface area contributed by atoms with E-state index in [2.05, 4.69) is 40.8 Å². The molecule has 684 valence electrons. The van der Waals surface area contributed by atoms with Crippen LogP contribution in [0.5, 0.6) is 23.4 Å². The van der Waals surface area contributed by atoms with Gasteiger partial charge in [-0.15, -0.1) is 5.10 Å². The van der Waals surface area contributed by atoms with Crippen molar-refractivity contribution in [1.29, 1.82) is 0 Å². The number of pyridine rings is 2. The molecule has 132 heavy (non-hydrogen) atoms. The summed E-state index contributed by atoms with van der Waals surface area (Å²) in [5.74, 6) is -5.92. The molecule has 1 aliphatic carbocycles. The smallest absolute Gasteiger partial charge is 0.335 e. The fraction of sp³-hybridized carbons (Fsp3) is 0.260. The number of aromatic nitrogens is 8. The highest BCUT2D eigenvalue weighted by Gasteiger charge is 2.66. The number of aryl methyl sites for hydroxylation is 1. The van der Waals surface area contributed by atoms with Gasteiger partial charge in [0.2, 0.25) is 23.6 Å². The molecule has 6 atom stereocenters. The van der Waals surface area contributed by atoms with Gasteiger partial charge in [-0.1, -0.05) is 141 Å². The standard InChI is InChI=1S/C32H30Cl2F2N2O4.C26H24Cl2N6O4.C24H19ClFN5O.C13H13N3O3.CH4.H2/c1-31(2,3)16-18-14-21(29(39)38-25-12-9-17(30(40)41)13-26(25)42-5)27(20-7-6-8-23(34)28(20)36)32(18,37-4)22-11-10-19(33)15-24(22)35;1-13(2)33-21-19(30-22(33)17-11-29-26(38-5)31-23(17)37-4)25(36)34(18-10-16(28)12-32(3)24(18)35)20(21)14-6-8-15(27)9-7-14;1-12-22(25)20(11-29-24(12)28-2)31-19-10-16(18(26)9-17(19)23(27)30-31)14-7-8-21(32)15-6-4-3-5-13(14)15;14-9-3-1-2-7-8(9)6-16(13(7)19)10-4-5-11(17)15-12(10)18;;/h6-13,15,18,21,27H,14,16H2,1-3,5H3,(H,38,39)(H,40,41);6-13,20H,1-5H3;3-11,32H,1-2H3,(H2,27,30)(H,28,29);1-3,10H,4-6,14H2,(H,15,17,18);1H4;1H/t18-,21+,27-,32-;20-;;;;/m00..../s1. The summed E-state index contributed by atoms with van der Waals surface area (Å²) >= 11 is 31.4. The number of phenolic OH excluding ortho intramolecular Hbond substituents is 1. The second-order valence-corrected chi connectivity index (χ2v) is 35.1. The van der Waals surface area contributed by atoms with Crippen molar-refractivity contribution in [3.05, 3.63) is 285 Å². The molecular weight excluding hydrogens is 1800 g/mol. The van der Waals surface area contributed by atoms with E-state index in [9.17, 15) is 43.8 Å². The van der Waals surface area contributed by atoms with E-state index in [0.717, 1.165) is 28.1 Å². The van der Waals surface area contributed by atoms with Crippen LogP contribution in [0, 0.1) is 48.2 Å². The van der Waals surface area contributed by atoms with E-state index < -0.39 is 76.5 Å². The van der Waals surface area contributed by atoms with E-state index in [-0.39, 0.29) is 124 Å². The van der Waals surface area contributed by atoms with Crippen LogP contribution in [0.4, 0.5) is 41.9 Å².